The lowest BCUT2D eigenvalue weighted by atomic mass is 9.71. The second-order valence-corrected chi connectivity index (χ2v) is 7.51. The van der Waals surface area contributed by atoms with E-state index in [0.29, 0.717) is 18.1 Å². The molecule has 0 atom stereocenters. The van der Waals surface area contributed by atoms with E-state index in [-0.39, 0.29) is 0 Å². The summed E-state index contributed by atoms with van der Waals surface area (Å²) in [6, 6.07) is 11.4. The molecule has 2 fully saturated rings. The normalized spacial score (nSPS) is 22.2. The van der Waals surface area contributed by atoms with Crippen molar-refractivity contribution in [2.45, 2.75) is 57.4 Å². The summed E-state index contributed by atoms with van der Waals surface area (Å²) in [4.78, 5) is 2.50. The van der Waals surface area contributed by atoms with Crippen LogP contribution in [0.25, 0.3) is 0 Å². The Morgan fingerprint density at radius 1 is 1.04 bits per heavy atom. The smallest absolute Gasteiger partial charge is 0.0436 e. The highest BCUT2D eigenvalue weighted by Gasteiger charge is 2.32. The largest absolute Gasteiger partial charge is 0.396 e. The number of hydrogen-bond donors (Lipinski definition) is 2. The summed E-state index contributed by atoms with van der Waals surface area (Å²) in [5.74, 6) is 0. The van der Waals surface area contributed by atoms with Crippen LogP contribution in [0.5, 0.6) is 0 Å². The third kappa shape index (κ3) is 4.48. The van der Waals surface area contributed by atoms with E-state index in [1.54, 1.807) is 0 Å². The van der Waals surface area contributed by atoms with E-state index in [1.165, 1.54) is 50.6 Å². The molecule has 1 saturated carbocycles. The summed E-state index contributed by atoms with van der Waals surface area (Å²) in [6.07, 6.45) is 10.1. The lowest BCUT2D eigenvalue weighted by molar-refractivity contribution is 0.120. The number of hydrogen-bond acceptors (Lipinski definition) is 3. The fourth-order valence-corrected chi connectivity index (χ4v) is 4.40. The van der Waals surface area contributed by atoms with E-state index in [0.717, 1.165) is 26.1 Å². The summed E-state index contributed by atoms with van der Waals surface area (Å²) in [5.41, 5.74) is 1.72. The molecule has 0 unspecified atom stereocenters. The van der Waals surface area contributed by atoms with Gasteiger partial charge in [-0.3, -0.25) is 0 Å². The monoisotopic (exact) mass is 316 g/mol. The quantitative estimate of drug-likeness (QED) is 0.842. The van der Waals surface area contributed by atoms with Crippen LogP contribution in [-0.4, -0.2) is 37.4 Å². The molecule has 1 heterocycles. The van der Waals surface area contributed by atoms with Gasteiger partial charge in [-0.15, -0.1) is 0 Å². The van der Waals surface area contributed by atoms with Crippen LogP contribution in [0, 0.1) is 5.41 Å². The summed E-state index contributed by atoms with van der Waals surface area (Å²) < 4.78 is 0. The van der Waals surface area contributed by atoms with Crippen molar-refractivity contribution in [3.63, 3.8) is 0 Å². The minimum absolute atomic E-state index is 0.341. The van der Waals surface area contributed by atoms with Gasteiger partial charge >= 0.3 is 0 Å². The molecule has 0 bridgehead atoms. The highest BCUT2D eigenvalue weighted by Crippen LogP contribution is 2.38. The Hall–Kier alpha value is -1.06. The maximum Gasteiger partial charge on any atom is 0.0436 e. The molecule has 128 valence electrons. The van der Waals surface area contributed by atoms with Crippen molar-refractivity contribution >= 4 is 5.69 Å². The van der Waals surface area contributed by atoms with Gasteiger partial charge in [0, 0.05) is 38.0 Å². The van der Waals surface area contributed by atoms with Gasteiger partial charge in [-0.1, -0.05) is 37.5 Å². The molecule has 0 aromatic heterocycles. The molecule has 1 saturated heterocycles. The predicted octanol–water partition coefficient (Wildman–Crippen LogP) is 3.58. The van der Waals surface area contributed by atoms with Crippen LogP contribution in [0.15, 0.2) is 30.3 Å². The second-order valence-electron chi connectivity index (χ2n) is 7.51. The summed E-state index contributed by atoms with van der Waals surface area (Å²) >= 11 is 0. The maximum absolute atomic E-state index is 9.45. The third-order valence-corrected chi connectivity index (χ3v) is 5.94. The molecule has 2 N–H and O–H groups in total. The molecule has 3 nitrogen and oxygen atoms in total. The van der Waals surface area contributed by atoms with Gasteiger partial charge in [0.2, 0.25) is 0 Å². The highest BCUT2D eigenvalue weighted by molar-refractivity contribution is 5.46. The van der Waals surface area contributed by atoms with Crippen LogP contribution in [0.1, 0.15) is 51.4 Å². The zero-order valence-corrected chi connectivity index (χ0v) is 14.3. The molecule has 3 heteroatoms. The SMILES string of the molecule is OCCC1(CNC2CCN(c3ccccc3)CC2)CCCCC1. The molecule has 0 radical (unpaired) electrons. The van der Waals surface area contributed by atoms with Crippen LogP contribution in [0.2, 0.25) is 0 Å². The van der Waals surface area contributed by atoms with Crippen LogP contribution in [0.3, 0.4) is 0 Å². The van der Waals surface area contributed by atoms with E-state index < -0.39 is 0 Å². The molecule has 0 amide bonds. The van der Waals surface area contributed by atoms with Gasteiger partial charge in [-0.25, -0.2) is 0 Å². The Morgan fingerprint density at radius 2 is 1.74 bits per heavy atom. The number of para-hydroxylation sites is 1. The van der Waals surface area contributed by atoms with Gasteiger partial charge in [0.25, 0.3) is 0 Å². The van der Waals surface area contributed by atoms with Crippen molar-refractivity contribution in [2.24, 2.45) is 5.41 Å². The van der Waals surface area contributed by atoms with Gasteiger partial charge in [-0.05, 0) is 49.7 Å². The Balaban J connectivity index is 1.46. The van der Waals surface area contributed by atoms with Crippen LogP contribution >= 0.6 is 0 Å². The van der Waals surface area contributed by atoms with Gasteiger partial charge in [0.15, 0.2) is 0 Å². The number of aliphatic hydroxyl groups is 1. The zero-order chi connectivity index (χ0) is 16.0. The number of nitrogens with zero attached hydrogens (tertiary/aromatic N) is 1. The Kier molecular flexibility index (Phi) is 5.96. The number of anilines is 1. The first-order valence-electron chi connectivity index (χ1n) is 9.46. The van der Waals surface area contributed by atoms with Gasteiger partial charge < -0.3 is 15.3 Å². The van der Waals surface area contributed by atoms with E-state index >= 15 is 0 Å². The molecule has 1 aliphatic heterocycles. The minimum atomic E-state index is 0.341. The molecule has 3 rings (SSSR count). The molecule has 1 aromatic carbocycles. The summed E-state index contributed by atoms with van der Waals surface area (Å²) in [6.45, 7) is 3.74. The van der Waals surface area contributed by atoms with Crippen LogP contribution in [-0.2, 0) is 0 Å². The Bertz CT molecular complexity index is 442. The van der Waals surface area contributed by atoms with Crippen LogP contribution < -0.4 is 10.2 Å². The van der Waals surface area contributed by atoms with Crippen molar-refractivity contribution in [2.75, 3.05) is 31.1 Å². The molecule has 1 aliphatic carbocycles. The fraction of sp³-hybridized carbons (Fsp3) is 0.700. The first kappa shape index (κ1) is 16.8. The highest BCUT2D eigenvalue weighted by atomic mass is 16.3. The first-order valence-corrected chi connectivity index (χ1v) is 9.46. The number of benzene rings is 1. The maximum atomic E-state index is 9.45. The van der Waals surface area contributed by atoms with Crippen molar-refractivity contribution in [3.8, 4) is 0 Å². The first-order chi connectivity index (χ1) is 11.3. The third-order valence-electron chi connectivity index (χ3n) is 5.94. The predicted molar refractivity (Wildman–Crippen MR) is 96.9 cm³/mol. The van der Waals surface area contributed by atoms with Crippen molar-refractivity contribution in [1.29, 1.82) is 0 Å². The topological polar surface area (TPSA) is 35.5 Å². The van der Waals surface area contributed by atoms with Crippen LogP contribution in [0.4, 0.5) is 5.69 Å². The number of aliphatic hydroxyl groups excluding tert-OH is 1. The molecule has 2 aliphatic rings. The minimum Gasteiger partial charge on any atom is -0.396 e. The average Bonchev–Trinajstić information content (AvgIpc) is 2.62. The van der Waals surface area contributed by atoms with E-state index in [1.807, 2.05) is 0 Å². The molecule has 1 aromatic rings. The summed E-state index contributed by atoms with van der Waals surface area (Å²) in [7, 11) is 0. The Morgan fingerprint density at radius 3 is 2.39 bits per heavy atom. The van der Waals surface area contributed by atoms with Gasteiger partial charge in [0.1, 0.15) is 0 Å². The van der Waals surface area contributed by atoms with Crippen molar-refractivity contribution in [3.05, 3.63) is 30.3 Å². The average molecular weight is 316 g/mol. The Labute approximate surface area is 141 Å². The molecule has 23 heavy (non-hydrogen) atoms. The van der Waals surface area contributed by atoms with E-state index in [2.05, 4.69) is 40.5 Å². The molecular weight excluding hydrogens is 284 g/mol. The van der Waals surface area contributed by atoms with Crippen molar-refractivity contribution in [1.82, 2.24) is 5.32 Å². The van der Waals surface area contributed by atoms with Gasteiger partial charge in [0.05, 0.1) is 0 Å². The lowest BCUT2D eigenvalue weighted by Gasteiger charge is -2.40. The standard InChI is InChI=1S/C20H32N2O/c23-16-13-20(11-5-2-6-12-20)17-21-18-9-14-22(15-10-18)19-7-3-1-4-8-19/h1,3-4,7-8,18,21,23H,2,5-6,9-17H2. The number of rotatable bonds is 6. The lowest BCUT2D eigenvalue weighted by Crippen LogP contribution is -2.47. The summed E-state index contributed by atoms with van der Waals surface area (Å²) in [5, 5.41) is 13.3. The second kappa shape index (κ2) is 8.16. The van der Waals surface area contributed by atoms with E-state index in [9.17, 15) is 5.11 Å². The molecule has 0 spiro atoms. The number of nitrogens with one attached hydrogen (secondary N) is 1. The van der Waals surface area contributed by atoms with Gasteiger partial charge in [-0.2, -0.15) is 0 Å². The van der Waals surface area contributed by atoms with Crippen molar-refractivity contribution < 1.29 is 5.11 Å². The number of piperidine rings is 1. The zero-order valence-electron chi connectivity index (χ0n) is 14.3. The fourth-order valence-electron chi connectivity index (χ4n) is 4.40. The molecular formula is C20H32N2O. The van der Waals surface area contributed by atoms with E-state index in [4.69, 9.17) is 0 Å².